The van der Waals surface area contributed by atoms with Crippen LogP contribution in [0, 0.1) is 11.3 Å². The van der Waals surface area contributed by atoms with Crippen molar-refractivity contribution in [3.8, 4) is 11.8 Å². The van der Waals surface area contributed by atoms with Gasteiger partial charge >= 0.3 is 6.09 Å². The summed E-state index contributed by atoms with van der Waals surface area (Å²) in [6.45, 7) is 5.20. The maximum atomic E-state index is 12.8. The van der Waals surface area contributed by atoms with Gasteiger partial charge in [-0.05, 0) is 45.0 Å². The standard InChI is InChI=1S/C16H19FN2O3/c1-16(2,3)22-15(20)19-10-13(8-17)11-21-14-6-4-12(9-18)5-7-14/h4-8H,10-11H2,1-3H3,(H,19,20). The molecule has 0 aliphatic carbocycles. The topological polar surface area (TPSA) is 71.3 Å². The lowest BCUT2D eigenvalue weighted by Gasteiger charge is -2.20. The predicted octanol–water partition coefficient (Wildman–Crippen LogP) is 3.32. The molecular weight excluding hydrogens is 287 g/mol. The normalized spacial score (nSPS) is 11.5. The van der Waals surface area contributed by atoms with Crippen molar-refractivity contribution >= 4 is 6.09 Å². The van der Waals surface area contributed by atoms with E-state index in [0.29, 0.717) is 17.6 Å². The summed E-state index contributed by atoms with van der Waals surface area (Å²) in [5, 5.41) is 11.1. The Balaban J connectivity index is 2.42. The third-order valence-corrected chi connectivity index (χ3v) is 2.42. The van der Waals surface area contributed by atoms with Crippen molar-refractivity contribution < 1.29 is 18.7 Å². The Morgan fingerprint density at radius 3 is 2.50 bits per heavy atom. The van der Waals surface area contributed by atoms with Crippen LogP contribution < -0.4 is 10.1 Å². The number of nitrogens with one attached hydrogen (secondary N) is 1. The molecule has 118 valence electrons. The van der Waals surface area contributed by atoms with Crippen molar-refractivity contribution in [1.29, 1.82) is 5.26 Å². The van der Waals surface area contributed by atoms with Crippen LogP contribution in [0.5, 0.6) is 5.75 Å². The van der Waals surface area contributed by atoms with Gasteiger partial charge in [0.25, 0.3) is 0 Å². The maximum absolute atomic E-state index is 12.8. The molecule has 0 saturated carbocycles. The van der Waals surface area contributed by atoms with Gasteiger partial charge in [-0.3, -0.25) is 0 Å². The molecule has 1 rings (SSSR count). The number of amides is 1. The zero-order chi connectivity index (χ0) is 16.6. The van der Waals surface area contributed by atoms with E-state index >= 15 is 0 Å². The first-order valence-corrected chi connectivity index (χ1v) is 6.72. The van der Waals surface area contributed by atoms with Gasteiger partial charge in [0.2, 0.25) is 0 Å². The molecule has 0 aromatic heterocycles. The van der Waals surface area contributed by atoms with E-state index in [1.54, 1.807) is 45.0 Å². The molecule has 1 aromatic carbocycles. The molecule has 5 nitrogen and oxygen atoms in total. The first-order valence-electron chi connectivity index (χ1n) is 6.72. The molecule has 0 saturated heterocycles. The van der Waals surface area contributed by atoms with E-state index in [-0.39, 0.29) is 18.7 Å². The van der Waals surface area contributed by atoms with Crippen molar-refractivity contribution in [2.24, 2.45) is 0 Å². The van der Waals surface area contributed by atoms with Gasteiger partial charge in [-0.1, -0.05) is 0 Å². The fourth-order valence-electron chi connectivity index (χ4n) is 1.42. The Labute approximate surface area is 129 Å². The molecule has 0 aliphatic rings. The first kappa shape index (κ1) is 17.5. The van der Waals surface area contributed by atoms with Gasteiger partial charge in [0.15, 0.2) is 0 Å². The Kier molecular flexibility index (Phi) is 6.39. The minimum absolute atomic E-state index is 0.0122. The molecular formula is C16H19FN2O3. The van der Waals surface area contributed by atoms with Crippen LogP contribution in [-0.4, -0.2) is 24.8 Å². The van der Waals surface area contributed by atoms with Crippen LogP contribution in [0.15, 0.2) is 36.2 Å². The summed E-state index contributed by atoms with van der Waals surface area (Å²) in [5.41, 5.74) is 0.165. The summed E-state index contributed by atoms with van der Waals surface area (Å²) >= 11 is 0. The number of alkyl carbamates (subject to hydrolysis) is 1. The summed E-state index contributed by atoms with van der Waals surface area (Å²) in [4.78, 5) is 11.5. The smallest absolute Gasteiger partial charge is 0.407 e. The number of halogens is 1. The number of nitriles is 1. The van der Waals surface area contributed by atoms with E-state index in [9.17, 15) is 9.18 Å². The number of ether oxygens (including phenoxy) is 2. The maximum Gasteiger partial charge on any atom is 0.407 e. The highest BCUT2D eigenvalue weighted by Crippen LogP contribution is 2.13. The Morgan fingerprint density at radius 2 is 2.00 bits per heavy atom. The van der Waals surface area contributed by atoms with Crippen LogP contribution in [0.25, 0.3) is 0 Å². The van der Waals surface area contributed by atoms with Gasteiger partial charge in [0.05, 0.1) is 18.0 Å². The van der Waals surface area contributed by atoms with Gasteiger partial charge in [-0.25, -0.2) is 9.18 Å². The van der Waals surface area contributed by atoms with E-state index in [1.807, 2.05) is 6.07 Å². The van der Waals surface area contributed by atoms with Crippen molar-refractivity contribution in [1.82, 2.24) is 5.32 Å². The molecule has 1 aromatic rings. The molecule has 1 N–H and O–H groups in total. The van der Waals surface area contributed by atoms with E-state index in [2.05, 4.69) is 5.32 Å². The summed E-state index contributed by atoms with van der Waals surface area (Å²) in [5.74, 6) is 0.510. The minimum atomic E-state index is -0.620. The molecule has 22 heavy (non-hydrogen) atoms. The molecule has 6 heteroatoms. The number of hydrogen-bond donors (Lipinski definition) is 1. The summed E-state index contributed by atoms with van der Waals surface area (Å²) in [6, 6.07) is 8.44. The second-order valence-corrected chi connectivity index (χ2v) is 5.55. The van der Waals surface area contributed by atoms with Gasteiger partial charge in [-0.15, -0.1) is 0 Å². The van der Waals surface area contributed by atoms with Crippen LogP contribution in [0.1, 0.15) is 26.3 Å². The van der Waals surface area contributed by atoms with Crippen LogP contribution >= 0.6 is 0 Å². The summed E-state index contributed by atoms with van der Waals surface area (Å²) < 4.78 is 23.2. The lowest BCUT2D eigenvalue weighted by atomic mass is 10.2. The number of nitrogens with zero attached hydrogens (tertiary/aromatic N) is 1. The highest BCUT2D eigenvalue weighted by Gasteiger charge is 2.16. The molecule has 0 atom stereocenters. The number of benzene rings is 1. The van der Waals surface area contributed by atoms with Crippen molar-refractivity contribution in [2.75, 3.05) is 13.2 Å². The molecule has 0 heterocycles. The predicted molar refractivity (Wildman–Crippen MR) is 80.1 cm³/mol. The van der Waals surface area contributed by atoms with Crippen molar-refractivity contribution in [3.05, 3.63) is 41.7 Å². The number of carbonyl (C=O) groups is 1. The largest absolute Gasteiger partial charge is 0.489 e. The second-order valence-electron chi connectivity index (χ2n) is 5.55. The van der Waals surface area contributed by atoms with Crippen molar-refractivity contribution in [2.45, 2.75) is 26.4 Å². The first-order chi connectivity index (χ1) is 10.3. The summed E-state index contributed by atoms with van der Waals surface area (Å²) in [6.07, 6.45) is -0.230. The van der Waals surface area contributed by atoms with Gasteiger partial charge in [-0.2, -0.15) is 5.26 Å². The molecule has 0 unspecified atom stereocenters. The average Bonchev–Trinajstić information content (AvgIpc) is 2.46. The van der Waals surface area contributed by atoms with Crippen LogP contribution in [0.2, 0.25) is 0 Å². The van der Waals surface area contributed by atoms with E-state index in [4.69, 9.17) is 14.7 Å². The number of carbonyl (C=O) groups excluding carboxylic acids is 1. The number of hydrogen-bond acceptors (Lipinski definition) is 4. The highest BCUT2D eigenvalue weighted by molar-refractivity contribution is 5.68. The number of rotatable bonds is 5. The van der Waals surface area contributed by atoms with Crippen LogP contribution in [-0.2, 0) is 4.74 Å². The molecule has 0 bridgehead atoms. The molecule has 0 aliphatic heterocycles. The SMILES string of the molecule is CC(C)(C)OC(=O)NCC(=CF)COc1ccc(C#N)cc1. The molecule has 0 fully saturated rings. The Hall–Kier alpha value is -2.55. The highest BCUT2D eigenvalue weighted by atomic mass is 19.1. The lowest BCUT2D eigenvalue weighted by Crippen LogP contribution is -2.34. The average molecular weight is 306 g/mol. The Morgan fingerprint density at radius 1 is 1.36 bits per heavy atom. The zero-order valence-corrected chi connectivity index (χ0v) is 12.9. The monoisotopic (exact) mass is 306 g/mol. The zero-order valence-electron chi connectivity index (χ0n) is 12.9. The fourth-order valence-corrected chi connectivity index (χ4v) is 1.42. The van der Waals surface area contributed by atoms with Crippen molar-refractivity contribution in [3.63, 3.8) is 0 Å². The molecule has 1 amide bonds. The Bertz CT molecular complexity index is 569. The quantitative estimate of drug-likeness (QED) is 0.906. The molecule has 0 radical (unpaired) electrons. The van der Waals surface area contributed by atoms with Crippen LogP contribution in [0.4, 0.5) is 9.18 Å². The third-order valence-electron chi connectivity index (χ3n) is 2.42. The summed E-state index contributed by atoms with van der Waals surface area (Å²) in [7, 11) is 0. The van der Waals surface area contributed by atoms with Gasteiger partial charge < -0.3 is 14.8 Å². The lowest BCUT2D eigenvalue weighted by molar-refractivity contribution is 0.0531. The van der Waals surface area contributed by atoms with E-state index in [1.165, 1.54) is 0 Å². The van der Waals surface area contributed by atoms with E-state index < -0.39 is 11.7 Å². The minimum Gasteiger partial charge on any atom is -0.489 e. The van der Waals surface area contributed by atoms with E-state index in [0.717, 1.165) is 0 Å². The molecule has 0 spiro atoms. The third kappa shape index (κ3) is 6.75. The van der Waals surface area contributed by atoms with Gasteiger partial charge in [0.1, 0.15) is 18.0 Å². The second kappa shape index (κ2) is 8.03. The van der Waals surface area contributed by atoms with Crippen LogP contribution in [0.3, 0.4) is 0 Å². The van der Waals surface area contributed by atoms with Gasteiger partial charge in [0, 0.05) is 12.1 Å². The fraction of sp³-hybridized carbons (Fsp3) is 0.375.